The van der Waals surface area contributed by atoms with E-state index in [1.165, 1.54) is 6.26 Å². The Morgan fingerprint density at radius 2 is 2.10 bits per heavy atom. The van der Waals surface area contributed by atoms with Gasteiger partial charge in [0.1, 0.15) is 10.6 Å². The number of aromatic amines is 1. The Hall–Kier alpha value is -2.52. The predicted octanol–water partition coefficient (Wildman–Crippen LogP) is 2.28. The van der Waals surface area contributed by atoms with E-state index in [0.29, 0.717) is 44.1 Å². The molecule has 3 aromatic heterocycles. The van der Waals surface area contributed by atoms with Crippen LogP contribution in [0.25, 0.3) is 22.3 Å². The first-order valence-corrected chi connectivity index (χ1v) is 11.6. The molecule has 5 rings (SSSR count). The van der Waals surface area contributed by atoms with Crippen LogP contribution in [0.4, 0.5) is 5.82 Å². The van der Waals surface area contributed by atoms with E-state index >= 15 is 0 Å². The van der Waals surface area contributed by atoms with Gasteiger partial charge in [0.25, 0.3) is 0 Å². The minimum atomic E-state index is -3.29. The lowest BCUT2D eigenvalue weighted by atomic mass is 10.1. The van der Waals surface area contributed by atoms with E-state index in [1.807, 2.05) is 18.3 Å². The Bertz CT molecular complexity index is 1190. The Morgan fingerprint density at radius 3 is 2.83 bits per heavy atom. The molecule has 1 aliphatic carbocycles. The highest BCUT2D eigenvalue weighted by molar-refractivity contribution is 7.91. The first-order valence-electron chi connectivity index (χ1n) is 9.74. The molecule has 0 aromatic carbocycles. The zero-order chi connectivity index (χ0) is 20.2. The summed E-state index contributed by atoms with van der Waals surface area (Å²) in [5, 5.41) is 0.960. The average Bonchev–Trinajstić information content (AvgIpc) is 3.39. The van der Waals surface area contributed by atoms with Crippen LogP contribution in [-0.2, 0) is 19.3 Å². The summed E-state index contributed by atoms with van der Waals surface area (Å²) in [5.41, 5.74) is 2.25. The van der Waals surface area contributed by atoms with Gasteiger partial charge in [-0.05, 0) is 25.8 Å². The van der Waals surface area contributed by atoms with Gasteiger partial charge in [-0.25, -0.2) is 18.4 Å². The summed E-state index contributed by atoms with van der Waals surface area (Å²) in [5.74, 6) is 1.24. The second-order valence-electron chi connectivity index (χ2n) is 7.94. The number of sulfone groups is 1. The molecule has 0 amide bonds. The maximum absolute atomic E-state index is 12.6. The van der Waals surface area contributed by atoms with Crippen molar-refractivity contribution in [1.82, 2.24) is 19.9 Å². The van der Waals surface area contributed by atoms with Crippen LogP contribution >= 0.6 is 0 Å². The molecule has 2 aliphatic rings. The molecule has 4 heterocycles. The number of morpholine rings is 1. The minimum Gasteiger partial charge on any atom is -0.377 e. The number of hydrogen-bond donors (Lipinski definition) is 1. The molecule has 29 heavy (non-hydrogen) atoms. The third-order valence-corrected chi connectivity index (χ3v) is 8.01. The molecule has 3 aromatic rings. The van der Waals surface area contributed by atoms with Crippen molar-refractivity contribution in [2.24, 2.45) is 0 Å². The molecule has 152 valence electrons. The van der Waals surface area contributed by atoms with Crippen LogP contribution in [0, 0.1) is 0 Å². The second-order valence-corrected chi connectivity index (χ2v) is 10.3. The van der Waals surface area contributed by atoms with Crippen molar-refractivity contribution in [2.75, 3.05) is 30.9 Å². The highest BCUT2D eigenvalue weighted by atomic mass is 32.2. The van der Waals surface area contributed by atoms with E-state index in [0.717, 1.165) is 22.3 Å². The topological polar surface area (TPSA) is 101 Å². The summed E-state index contributed by atoms with van der Waals surface area (Å²) < 4.78 is 29.8. The van der Waals surface area contributed by atoms with Crippen LogP contribution in [0.5, 0.6) is 0 Å². The normalized spacial score (nSPS) is 21.4. The maximum atomic E-state index is 12.6. The molecular weight excluding hydrogens is 390 g/mol. The number of rotatable bonds is 4. The fraction of sp³-hybridized carbons (Fsp3) is 0.450. The van der Waals surface area contributed by atoms with Gasteiger partial charge in [-0.2, -0.15) is 0 Å². The molecule has 1 saturated carbocycles. The zero-order valence-corrected chi connectivity index (χ0v) is 17.2. The Labute approximate surface area is 169 Å². The summed E-state index contributed by atoms with van der Waals surface area (Å²) in [7, 11) is -3.29. The fourth-order valence-electron chi connectivity index (χ4n) is 4.09. The number of fused-ring (bicyclic) bond motifs is 1. The molecular formula is C20H23N5O3S. The number of pyridine rings is 1. The van der Waals surface area contributed by atoms with Crippen LogP contribution in [0.3, 0.4) is 0 Å². The van der Waals surface area contributed by atoms with Gasteiger partial charge in [0.2, 0.25) is 0 Å². The lowest BCUT2D eigenvalue weighted by Gasteiger charge is -2.34. The van der Waals surface area contributed by atoms with E-state index in [4.69, 9.17) is 14.7 Å². The van der Waals surface area contributed by atoms with Gasteiger partial charge in [-0.3, -0.25) is 4.98 Å². The van der Waals surface area contributed by atoms with E-state index < -0.39 is 14.6 Å². The van der Waals surface area contributed by atoms with Gasteiger partial charge in [0, 0.05) is 42.2 Å². The van der Waals surface area contributed by atoms with Gasteiger partial charge in [0.15, 0.2) is 15.7 Å². The van der Waals surface area contributed by atoms with Crippen LogP contribution in [-0.4, -0.2) is 60.4 Å². The van der Waals surface area contributed by atoms with E-state index in [2.05, 4.69) is 21.8 Å². The van der Waals surface area contributed by atoms with Crippen molar-refractivity contribution in [3.05, 3.63) is 36.4 Å². The largest absolute Gasteiger partial charge is 0.377 e. The van der Waals surface area contributed by atoms with E-state index in [9.17, 15) is 8.42 Å². The highest BCUT2D eigenvalue weighted by Crippen LogP contribution is 2.52. The molecule has 1 saturated heterocycles. The first kappa shape index (κ1) is 18.5. The average molecular weight is 414 g/mol. The molecule has 0 radical (unpaired) electrons. The van der Waals surface area contributed by atoms with Gasteiger partial charge in [-0.1, -0.05) is 0 Å². The Kier molecular flexibility index (Phi) is 4.15. The smallest absolute Gasteiger partial charge is 0.164 e. The molecule has 0 bridgehead atoms. The Balaban J connectivity index is 1.72. The lowest BCUT2D eigenvalue weighted by Crippen LogP contribution is -2.44. The van der Waals surface area contributed by atoms with E-state index in [1.54, 1.807) is 12.4 Å². The van der Waals surface area contributed by atoms with Crippen molar-refractivity contribution in [3.63, 3.8) is 0 Å². The van der Waals surface area contributed by atoms with Crippen molar-refractivity contribution in [2.45, 2.75) is 30.6 Å². The number of nitrogens with one attached hydrogen (secondary N) is 1. The van der Waals surface area contributed by atoms with Crippen LogP contribution in [0.2, 0.25) is 0 Å². The van der Waals surface area contributed by atoms with Gasteiger partial charge < -0.3 is 14.6 Å². The molecule has 1 aliphatic heterocycles. The summed E-state index contributed by atoms with van der Waals surface area (Å²) in [4.78, 5) is 19.2. The van der Waals surface area contributed by atoms with Crippen LogP contribution in [0.1, 0.15) is 25.5 Å². The standard InChI is InChI=1S/C20H23N5O3S/c1-13-12-28-8-7-25(13)18-9-17(20(4-5-20)29(2,26)27)23-19(24-18)15-10-21-11-16-14(15)3-6-22-16/h3,6,9-11,13,22H,4-5,7-8,12H2,1-2H3/t13-/m0/s1. The van der Waals surface area contributed by atoms with Gasteiger partial charge >= 0.3 is 0 Å². The minimum absolute atomic E-state index is 0.147. The quantitative estimate of drug-likeness (QED) is 0.700. The van der Waals surface area contributed by atoms with Crippen LogP contribution < -0.4 is 4.90 Å². The highest BCUT2D eigenvalue weighted by Gasteiger charge is 2.55. The third kappa shape index (κ3) is 3.00. The zero-order valence-electron chi connectivity index (χ0n) is 16.4. The molecule has 2 fully saturated rings. The SMILES string of the molecule is C[C@H]1COCCN1c1cc(C2(S(C)(=O)=O)CC2)nc(-c2cncc3[nH]ccc23)n1. The van der Waals surface area contributed by atoms with E-state index in [-0.39, 0.29) is 6.04 Å². The molecule has 0 spiro atoms. The summed E-state index contributed by atoms with van der Waals surface area (Å²) in [6.07, 6.45) is 7.82. The predicted molar refractivity (Wildman–Crippen MR) is 111 cm³/mol. The summed E-state index contributed by atoms with van der Waals surface area (Å²) in [6, 6.07) is 3.96. The molecule has 8 nitrogen and oxygen atoms in total. The van der Waals surface area contributed by atoms with Crippen molar-refractivity contribution in [3.8, 4) is 11.4 Å². The number of ether oxygens (including phenoxy) is 1. The second kappa shape index (κ2) is 6.50. The molecule has 0 unspecified atom stereocenters. The van der Waals surface area contributed by atoms with Crippen molar-refractivity contribution < 1.29 is 13.2 Å². The third-order valence-electron chi connectivity index (χ3n) is 5.97. The first-order chi connectivity index (χ1) is 13.9. The molecule has 1 N–H and O–H groups in total. The Morgan fingerprint density at radius 1 is 1.28 bits per heavy atom. The van der Waals surface area contributed by atoms with Crippen LogP contribution in [0.15, 0.2) is 30.7 Å². The maximum Gasteiger partial charge on any atom is 0.164 e. The summed E-state index contributed by atoms with van der Waals surface area (Å²) >= 11 is 0. The van der Waals surface area contributed by atoms with Crippen molar-refractivity contribution in [1.29, 1.82) is 0 Å². The van der Waals surface area contributed by atoms with Gasteiger partial charge in [0.05, 0.1) is 36.7 Å². The monoisotopic (exact) mass is 413 g/mol. The number of anilines is 1. The van der Waals surface area contributed by atoms with Gasteiger partial charge in [-0.15, -0.1) is 0 Å². The number of hydrogen-bond acceptors (Lipinski definition) is 7. The molecule has 9 heteroatoms. The fourth-order valence-corrected chi connectivity index (χ4v) is 5.42. The number of nitrogens with zero attached hydrogens (tertiary/aromatic N) is 4. The molecule has 1 atom stereocenters. The lowest BCUT2D eigenvalue weighted by molar-refractivity contribution is 0.0985. The number of H-pyrrole nitrogens is 1. The summed E-state index contributed by atoms with van der Waals surface area (Å²) in [6.45, 7) is 4.01. The number of aromatic nitrogens is 4. The van der Waals surface area contributed by atoms with Crippen molar-refractivity contribution >= 4 is 26.6 Å².